The van der Waals surface area contributed by atoms with Crippen LogP contribution in [-0.4, -0.2) is 29.6 Å². The Kier molecular flexibility index (Phi) is 5.55. The van der Waals surface area contributed by atoms with Crippen molar-refractivity contribution >= 4 is 5.78 Å². The van der Waals surface area contributed by atoms with Crippen molar-refractivity contribution in [1.82, 2.24) is 5.32 Å². The lowest BCUT2D eigenvalue weighted by Gasteiger charge is -2.19. The van der Waals surface area contributed by atoms with E-state index in [-0.39, 0.29) is 23.6 Å². The number of benzene rings is 2. The second-order valence-electron chi connectivity index (χ2n) is 5.32. The maximum absolute atomic E-state index is 12.3. The number of carbonyl (C=O) groups is 1. The van der Waals surface area contributed by atoms with E-state index in [1.807, 2.05) is 44.2 Å². The van der Waals surface area contributed by atoms with Gasteiger partial charge in [0, 0.05) is 11.6 Å². The van der Waals surface area contributed by atoms with Gasteiger partial charge in [-0.2, -0.15) is 0 Å². The molecule has 2 unspecified atom stereocenters. The lowest BCUT2D eigenvalue weighted by molar-refractivity contribution is 0.0940. The molecule has 22 heavy (non-hydrogen) atoms. The Hall–Kier alpha value is -2.33. The Labute approximate surface area is 130 Å². The van der Waals surface area contributed by atoms with Crippen molar-refractivity contribution < 1.29 is 14.6 Å². The second kappa shape index (κ2) is 7.61. The number of nitrogens with one attached hydrogen (secondary N) is 1. The van der Waals surface area contributed by atoms with Crippen molar-refractivity contribution in [3.8, 4) is 11.5 Å². The van der Waals surface area contributed by atoms with Gasteiger partial charge in [0.1, 0.15) is 18.1 Å². The summed E-state index contributed by atoms with van der Waals surface area (Å²) in [5.41, 5.74) is 0.578. The molecule has 0 heterocycles. The van der Waals surface area contributed by atoms with E-state index in [1.54, 1.807) is 12.1 Å². The van der Waals surface area contributed by atoms with Crippen molar-refractivity contribution in [2.45, 2.75) is 25.9 Å². The molecule has 0 bridgehead atoms. The highest BCUT2D eigenvalue weighted by Crippen LogP contribution is 2.12. The number of Topliss-reactive ketones (excluding diaryl/α,β-unsaturated/α-hetero) is 1. The zero-order valence-electron chi connectivity index (χ0n) is 12.8. The van der Waals surface area contributed by atoms with Crippen LogP contribution in [0.5, 0.6) is 11.5 Å². The molecule has 0 fully saturated rings. The molecule has 0 aliphatic carbocycles. The number of hydrogen-bond donors (Lipinski definition) is 2. The molecule has 116 valence electrons. The summed E-state index contributed by atoms with van der Waals surface area (Å²) in [6.07, 6.45) is 0. The highest BCUT2D eigenvalue weighted by atomic mass is 16.5. The molecule has 0 radical (unpaired) electrons. The number of ketones is 1. The molecule has 2 aromatic carbocycles. The van der Waals surface area contributed by atoms with Crippen molar-refractivity contribution in [2.75, 3.05) is 6.61 Å². The van der Waals surface area contributed by atoms with Gasteiger partial charge in [0.2, 0.25) is 0 Å². The number of carbonyl (C=O) groups excluding carboxylic acids is 1. The molecule has 0 spiro atoms. The molecular weight excluding hydrogens is 278 g/mol. The Balaban J connectivity index is 1.84. The molecule has 2 atom stereocenters. The number of phenolic OH excluding ortho intramolecular Hbond substituents is 1. The third-order valence-electron chi connectivity index (χ3n) is 3.32. The lowest BCUT2D eigenvalue weighted by Crippen LogP contribution is -2.42. The summed E-state index contributed by atoms with van der Waals surface area (Å²) in [5.74, 6) is 0.960. The zero-order valence-corrected chi connectivity index (χ0v) is 12.8. The highest BCUT2D eigenvalue weighted by molar-refractivity contribution is 5.99. The number of phenols is 1. The van der Waals surface area contributed by atoms with Gasteiger partial charge in [0.05, 0.1) is 6.04 Å². The van der Waals surface area contributed by atoms with Crippen molar-refractivity contribution in [2.24, 2.45) is 0 Å². The second-order valence-corrected chi connectivity index (χ2v) is 5.32. The number of para-hydroxylation sites is 1. The molecule has 0 aliphatic rings. The minimum atomic E-state index is -0.320. The average molecular weight is 299 g/mol. The van der Waals surface area contributed by atoms with Crippen LogP contribution in [0.1, 0.15) is 24.2 Å². The van der Waals surface area contributed by atoms with E-state index in [0.29, 0.717) is 12.2 Å². The molecule has 0 aromatic heterocycles. The van der Waals surface area contributed by atoms with Crippen LogP contribution in [0, 0.1) is 0 Å². The van der Waals surface area contributed by atoms with Gasteiger partial charge in [-0.25, -0.2) is 0 Å². The lowest BCUT2D eigenvalue weighted by atomic mass is 10.0. The quantitative estimate of drug-likeness (QED) is 0.772. The van der Waals surface area contributed by atoms with Crippen LogP contribution in [0.2, 0.25) is 0 Å². The fraction of sp³-hybridized carbons (Fsp3) is 0.278. The van der Waals surface area contributed by atoms with Crippen molar-refractivity contribution in [3.05, 3.63) is 60.2 Å². The molecule has 0 saturated carbocycles. The molecule has 2 rings (SSSR count). The molecule has 0 amide bonds. The molecule has 0 saturated heterocycles. The zero-order chi connectivity index (χ0) is 15.9. The van der Waals surface area contributed by atoms with Crippen LogP contribution in [0.15, 0.2) is 54.6 Å². The summed E-state index contributed by atoms with van der Waals surface area (Å²) < 4.78 is 5.66. The summed E-state index contributed by atoms with van der Waals surface area (Å²) in [6.45, 7) is 4.29. The Morgan fingerprint density at radius 3 is 2.36 bits per heavy atom. The molecule has 4 heteroatoms. The first kappa shape index (κ1) is 16.0. The summed E-state index contributed by atoms with van der Waals surface area (Å²) >= 11 is 0. The first-order chi connectivity index (χ1) is 10.6. The predicted octanol–water partition coefficient (Wildman–Crippen LogP) is 3.02. The number of hydrogen-bond acceptors (Lipinski definition) is 4. The van der Waals surface area contributed by atoms with Crippen LogP contribution < -0.4 is 10.1 Å². The van der Waals surface area contributed by atoms with Gasteiger partial charge in [0.25, 0.3) is 0 Å². The minimum absolute atomic E-state index is 0.00781. The van der Waals surface area contributed by atoms with Crippen LogP contribution >= 0.6 is 0 Å². The van der Waals surface area contributed by atoms with E-state index in [4.69, 9.17) is 4.74 Å². The van der Waals surface area contributed by atoms with Crippen molar-refractivity contribution in [3.63, 3.8) is 0 Å². The standard InChI is InChI=1S/C18H21NO3/c1-13(12-22-17-6-4-3-5-7-17)19-14(2)18(21)15-8-10-16(20)11-9-15/h3-11,13-14,19-20H,12H2,1-2H3. The van der Waals surface area contributed by atoms with E-state index in [1.165, 1.54) is 12.1 Å². The topological polar surface area (TPSA) is 58.6 Å². The third-order valence-corrected chi connectivity index (χ3v) is 3.32. The van der Waals surface area contributed by atoms with Gasteiger partial charge >= 0.3 is 0 Å². The maximum atomic E-state index is 12.3. The smallest absolute Gasteiger partial charge is 0.179 e. The summed E-state index contributed by atoms with van der Waals surface area (Å²) in [4.78, 5) is 12.3. The van der Waals surface area contributed by atoms with E-state index in [0.717, 1.165) is 5.75 Å². The van der Waals surface area contributed by atoms with Crippen LogP contribution in [0.4, 0.5) is 0 Å². The van der Waals surface area contributed by atoms with Gasteiger partial charge in [-0.05, 0) is 50.2 Å². The Morgan fingerprint density at radius 2 is 1.73 bits per heavy atom. The Morgan fingerprint density at radius 1 is 1.09 bits per heavy atom. The predicted molar refractivity (Wildman–Crippen MR) is 86.4 cm³/mol. The van der Waals surface area contributed by atoms with Crippen LogP contribution in [0.3, 0.4) is 0 Å². The average Bonchev–Trinajstić information content (AvgIpc) is 2.54. The van der Waals surface area contributed by atoms with E-state index >= 15 is 0 Å². The molecular formula is C18H21NO3. The summed E-state index contributed by atoms with van der Waals surface area (Å²) in [5, 5.41) is 12.5. The summed E-state index contributed by atoms with van der Waals surface area (Å²) in [6, 6.07) is 15.6. The normalized spacial score (nSPS) is 13.4. The maximum Gasteiger partial charge on any atom is 0.179 e. The highest BCUT2D eigenvalue weighted by Gasteiger charge is 2.17. The van der Waals surface area contributed by atoms with Gasteiger partial charge < -0.3 is 15.2 Å². The first-order valence-corrected chi connectivity index (χ1v) is 7.33. The summed E-state index contributed by atoms with van der Waals surface area (Å²) in [7, 11) is 0. The number of ether oxygens (including phenoxy) is 1. The Bertz CT molecular complexity index is 595. The van der Waals surface area contributed by atoms with E-state index in [9.17, 15) is 9.90 Å². The van der Waals surface area contributed by atoms with Crippen LogP contribution in [0.25, 0.3) is 0 Å². The molecule has 2 N–H and O–H groups in total. The molecule has 0 aliphatic heterocycles. The molecule has 4 nitrogen and oxygen atoms in total. The molecule has 2 aromatic rings. The first-order valence-electron chi connectivity index (χ1n) is 7.33. The SMILES string of the molecule is CC(COc1ccccc1)NC(C)C(=O)c1ccc(O)cc1. The van der Waals surface area contributed by atoms with Crippen LogP contribution in [-0.2, 0) is 0 Å². The van der Waals surface area contributed by atoms with Gasteiger partial charge in [0.15, 0.2) is 5.78 Å². The number of aromatic hydroxyl groups is 1. The van der Waals surface area contributed by atoms with E-state index in [2.05, 4.69) is 5.32 Å². The largest absolute Gasteiger partial charge is 0.508 e. The third kappa shape index (κ3) is 4.60. The number of rotatable bonds is 7. The van der Waals surface area contributed by atoms with Crippen molar-refractivity contribution in [1.29, 1.82) is 0 Å². The fourth-order valence-electron chi connectivity index (χ4n) is 2.16. The van der Waals surface area contributed by atoms with Gasteiger partial charge in [-0.1, -0.05) is 18.2 Å². The van der Waals surface area contributed by atoms with Gasteiger partial charge in [-0.3, -0.25) is 4.79 Å². The fourth-order valence-corrected chi connectivity index (χ4v) is 2.16. The minimum Gasteiger partial charge on any atom is -0.508 e. The monoisotopic (exact) mass is 299 g/mol. The van der Waals surface area contributed by atoms with Gasteiger partial charge in [-0.15, -0.1) is 0 Å². The van der Waals surface area contributed by atoms with E-state index < -0.39 is 0 Å².